The fourth-order valence-corrected chi connectivity index (χ4v) is 6.42. The molecule has 2 aliphatic rings. The molecule has 4 amide bonds. The molecular formula is C35H43FN6O5. The van der Waals surface area contributed by atoms with Gasteiger partial charge in [0.2, 0.25) is 17.7 Å². The molecule has 0 saturated carbocycles. The molecule has 2 aromatic carbocycles. The number of halogens is 1. The lowest BCUT2D eigenvalue weighted by Crippen LogP contribution is -2.55. The quantitative estimate of drug-likeness (QED) is 0.290. The van der Waals surface area contributed by atoms with Crippen LogP contribution in [0.1, 0.15) is 78.2 Å². The highest BCUT2D eigenvalue weighted by molar-refractivity contribution is 6.02. The highest BCUT2D eigenvalue weighted by atomic mass is 19.1. The maximum Gasteiger partial charge on any atom is 0.257 e. The molecule has 1 fully saturated rings. The topological polar surface area (TPSA) is 137 Å². The molecule has 12 heteroatoms. The number of likely N-dealkylation sites (N-methyl/N-ethyl adjacent to an activating group) is 1. The van der Waals surface area contributed by atoms with E-state index in [0.717, 1.165) is 30.6 Å². The molecule has 5 rings (SSSR count). The number of nitrogens with one attached hydrogen (secondary N) is 3. The van der Waals surface area contributed by atoms with Crippen LogP contribution < -0.4 is 16.0 Å². The first-order valence-corrected chi connectivity index (χ1v) is 16.3. The van der Waals surface area contributed by atoms with E-state index >= 15 is 4.39 Å². The van der Waals surface area contributed by atoms with E-state index in [-0.39, 0.29) is 35.4 Å². The van der Waals surface area contributed by atoms with E-state index in [1.54, 1.807) is 24.8 Å². The number of nitrogens with zero attached hydrogens (tertiary/aromatic N) is 3. The maximum atomic E-state index is 15.7. The van der Waals surface area contributed by atoms with Crippen LogP contribution in [0.25, 0.3) is 0 Å². The Balaban J connectivity index is 1.37. The number of benzene rings is 2. The Bertz CT molecular complexity index is 1620. The van der Waals surface area contributed by atoms with Crippen LogP contribution in [0, 0.1) is 5.82 Å². The average molecular weight is 647 g/mol. The largest absolute Gasteiger partial charge is 0.364 e. The fourth-order valence-electron chi connectivity index (χ4n) is 6.42. The third-order valence-electron chi connectivity index (χ3n) is 9.37. The second kappa shape index (κ2) is 14.9. The van der Waals surface area contributed by atoms with E-state index in [9.17, 15) is 19.2 Å². The van der Waals surface area contributed by atoms with Crippen LogP contribution in [0.4, 0.5) is 10.1 Å². The fraction of sp³-hybridized carbons (Fsp3) is 0.457. The summed E-state index contributed by atoms with van der Waals surface area (Å²) in [5, 5.41) is 12.3. The van der Waals surface area contributed by atoms with Crippen molar-refractivity contribution in [2.24, 2.45) is 0 Å². The van der Waals surface area contributed by atoms with Crippen LogP contribution in [-0.4, -0.2) is 83.9 Å². The van der Waals surface area contributed by atoms with Crippen LogP contribution >= 0.6 is 0 Å². The predicted molar refractivity (Wildman–Crippen MR) is 174 cm³/mol. The van der Waals surface area contributed by atoms with Crippen molar-refractivity contribution in [2.75, 3.05) is 38.5 Å². The van der Waals surface area contributed by atoms with Gasteiger partial charge in [-0.25, -0.2) is 4.39 Å². The first kappa shape index (κ1) is 33.8. The van der Waals surface area contributed by atoms with Gasteiger partial charge < -0.3 is 30.3 Å². The van der Waals surface area contributed by atoms with Gasteiger partial charge in [0.1, 0.15) is 29.7 Å². The van der Waals surface area contributed by atoms with E-state index in [0.29, 0.717) is 37.2 Å². The van der Waals surface area contributed by atoms with Crippen LogP contribution in [0.3, 0.4) is 0 Å². The van der Waals surface area contributed by atoms with Crippen molar-refractivity contribution < 1.29 is 28.1 Å². The molecule has 3 aromatic rings. The molecule has 1 aromatic heterocycles. The van der Waals surface area contributed by atoms with E-state index in [1.807, 2.05) is 38.2 Å². The number of hydrogen-bond acceptors (Lipinski definition) is 7. The monoisotopic (exact) mass is 646 g/mol. The number of anilines is 1. The lowest BCUT2D eigenvalue weighted by atomic mass is 9.91. The number of hydrogen-bond donors (Lipinski definition) is 3. The van der Waals surface area contributed by atoms with Gasteiger partial charge in [0, 0.05) is 44.4 Å². The molecular weight excluding hydrogens is 603 g/mol. The molecule has 0 radical (unpaired) electrons. The van der Waals surface area contributed by atoms with Gasteiger partial charge in [-0.05, 0) is 55.1 Å². The summed E-state index contributed by atoms with van der Waals surface area (Å²) in [5.41, 5.74) is 3.22. The molecule has 0 spiro atoms. The van der Waals surface area contributed by atoms with E-state index in [2.05, 4.69) is 26.0 Å². The molecule has 4 atom stereocenters. The molecule has 250 valence electrons. The van der Waals surface area contributed by atoms with Gasteiger partial charge in [-0.3, -0.25) is 19.2 Å². The first-order chi connectivity index (χ1) is 22.6. The average Bonchev–Trinajstić information content (AvgIpc) is 3.74. The predicted octanol–water partition coefficient (Wildman–Crippen LogP) is 3.62. The lowest BCUT2D eigenvalue weighted by Gasteiger charge is -2.36. The molecule has 1 aliphatic heterocycles. The van der Waals surface area contributed by atoms with E-state index in [4.69, 9.17) is 4.52 Å². The Kier molecular flexibility index (Phi) is 10.7. The Morgan fingerprint density at radius 1 is 1.04 bits per heavy atom. The van der Waals surface area contributed by atoms with Crippen molar-refractivity contribution in [1.29, 1.82) is 0 Å². The van der Waals surface area contributed by atoms with Gasteiger partial charge in [-0.1, -0.05) is 56.3 Å². The highest BCUT2D eigenvalue weighted by Crippen LogP contribution is 2.36. The van der Waals surface area contributed by atoms with Gasteiger partial charge in [0.05, 0.1) is 11.4 Å². The second-order valence-corrected chi connectivity index (χ2v) is 12.4. The summed E-state index contributed by atoms with van der Waals surface area (Å²) < 4.78 is 20.7. The zero-order valence-corrected chi connectivity index (χ0v) is 27.3. The summed E-state index contributed by atoms with van der Waals surface area (Å²) >= 11 is 0. The summed E-state index contributed by atoms with van der Waals surface area (Å²) in [7, 11) is 1.99. The molecule has 1 saturated heterocycles. The van der Waals surface area contributed by atoms with Crippen LogP contribution in [-0.2, 0) is 27.2 Å². The molecule has 2 heterocycles. The van der Waals surface area contributed by atoms with Crippen molar-refractivity contribution >= 4 is 29.3 Å². The SMILES string of the molecule is CCC(=O)N[C@@H](C(=O)N1CCN(C)CC1)[C@@H](C)c1ccc(NC(=O)C(NC(=O)c2conc2CC)C2CCc3ccccc32)c(F)c1. The third-order valence-corrected chi connectivity index (χ3v) is 9.37. The summed E-state index contributed by atoms with van der Waals surface area (Å²) in [6.07, 6.45) is 3.32. The summed E-state index contributed by atoms with van der Waals surface area (Å²) in [4.78, 5) is 57.0. The number of fused-ring (bicyclic) bond motifs is 1. The van der Waals surface area contributed by atoms with Crippen molar-refractivity contribution in [3.05, 3.63) is 82.5 Å². The van der Waals surface area contributed by atoms with Gasteiger partial charge in [0.25, 0.3) is 5.91 Å². The van der Waals surface area contributed by atoms with Crippen LogP contribution in [0.5, 0.6) is 0 Å². The van der Waals surface area contributed by atoms with Gasteiger partial charge in [-0.2, -0.15) is 0 Å². The van der Waals surface area contributed by atoms with Gasteiger partial charge >= 0.3 is 0 Å². The molecule has 1 aliphatic carbocycles. The summed E-state index contributed by atoms with van der Waals surface area (Å²) in [5.74, 6) is -3.11. The van der Waals surface area contributed by atoms with Crippen LogP contribution in [0.2, 0.25) is 0 Å². The van der Waals surface area contributed by atoms with Crippen molar-refractivity contribution in [3.63, 3.8) is 0 Å². The van der Waals surface area contributed by atoms with Gasteiger partial charge in [-0.15, -0.1) is 0 Å². The number of aromatic nitrogens is 1. The standard InChI is InChI=1S/C35H43FN6O5/c1-5-28-26(20-47-40-28)33(44)39-32(25-13-11-22-9-7-8-10-24(22)25)34(45)37-29-14-12-23(19-27(29)36)21(3)31(38-30(43)6-2)35(46)42-17-15-41(4)16-18-42/h7-10,12,14,19-21,25,31-32H,5-6,11,13,15-18H2,1-4H3,(H,37,45)(H,38,43)(H,39,44)/t21-,25?,31+,32?/m0/s1. The molecule has 47 heavy (non-hydrogen) atoms. The summed E-state index contributed by atoms with van der Waals surface area (Å²) in [6.45, 7) is 7.87. The van der Waals surface area contributed by atoms with Crippen molar-refractivity contribution in [1.82, 2.24) is 25.6 Å². The van der Waals surface area contributed by atoms with E-state index < -0.39 is 35.6 Å². The number of carbonyl (C=O) groups is 4. The van der Waals surface area contributed by atoms with Gasteiger partial charge in [0.15, 0.2) is 0 Å². The zero-order valence-electron chi connectivity index (χ0n) is 27.3. The minimum atomic E-state index is -1.00. The number of amides is 4. The minimum absolute atomic E-state index is 0.0600. The molecule has 2 unspecified atom stereocenters. The molecule has 0 bridgehead atoms. The highest BCUT2D eigenvalue weighted by Gasteiger charge is 2.37. The number of rotatable bonds is 11. The number of piperazine rings is 1. The summed E-state index contributed by atoms with van der Waals surface area (Å²) in [6, 6.07) is 10.3. The first-order valence-electron chi connectivity index (χ1n) is 16.3. The molecule has 11 nitrogen and oxygen atoms in total. The van der Waals surface area contributed by atoms with Crippen molar-refractivity contribution in [2.45, 2.75) is 70.4 Å². The Hall–Kier alpha value is -4.58. The lowest BCUT2D eigenvalue weighted by molar-refractivity contribution is -0.138. The number of carbonyl (C=O) groups excluding carboxylic acids is 4. The number of aryl methyl sites for hydroxylation is 2. The van der Waals surface area contributed by atoms with E-state index in [1.165, 1.54) is 18.4 Å². The Labute approximate surface area is 274 Å². The smallest absolute Gasteiger partial charge is 0.257 e. The second-order valence-electron chi connectivity index (χ2n) is 12.4. The third kappa shape index (κ3) is 7.54. The minimum Gasteiger partial charge on any atom is -0.364 e. The zero-order chi connectivity index (χ0) is 33.7. The normalized spacial score (nSPS) is 18.1. The Morgan fingerprint density at radius 2 is 1.79 bits per heavy atom. The molecule has 3 N–H and O–H groups in total. The maximum absolute atomic E-state index is 15.7. The van der Waals surface area contributed by atoms with Crippen LogP contribution in [0.15, 0.2) is 53.3 Å². The van der Waals surface area contributed by atoms with Crippen molar-refractivity contribution in [3.8, 4) is 0 Å². The Morgan fingerprint density at radius 3 is 2.49 bits per heavy atom.